The number of hydrogen-bond acceptors (Lipinski definition) is 3. The molecule has 3 unspecified atom stereocenters. The van der Waals surface area contributed by atoms with Gasteiger partial charge in [-0.2, -0.15) is 0 Å². The van der Waals surface area contributed by atoms with Gasteiger partial charge in [-0.05, 0) is 58.0 Å². The molecular weight excluding hydrogens is 224 g/mol. The highest BCUT2D eigenvalue weighted by Gasteiger charge is 2.33. The van der Waals surface area contributed by atoms with Crippen LogP contribution in [-0.4, -0.2) is 38.4 Å². The Kier molecular flexibility index (Phi) is 6.46. The van der Waals surface area contributed by atoms with Crippen molar-refractivity contribution in [1.29, 1.82) is 0 Å². The van der Waals surface area contributed by atoms with E-state index in [1.807, 2.05) is 0 Å². The maximum Gasteiger partial charge on any atom is 0.0477 e. The zero-order valence-corrected chi connectivity index (χ0v) is 11.9. The van der Waals surface area contributed by atoms with Crippen LogP contribution in [0.4, 0.5) is 0 Å². The Hall–Kier alpha value is -0.120. The summed E-state index contributed by atoms with van der Waals surface area (Å²) in [6.07, 6.45) is 9.53. The first-order chi connectivity index (χ1) is 8.92. The van der Waals surface area contributed by atoms with Crippen LogP contribution in [0.1, 0.15) is 51.9 Å². The molecule has 106 valence electrons. The molecule has 2 aliphatic rings. The number of rotatable bonds is 7. The summed E-state index contributed by atoms with van der Waals surface area (Å²) in [4.78, 5) is 0. The summed E-state index contributed by atoms with van der Waals surface area (Å²) in [6.45, 7) is 6.17. The van der Waals surface area contributed by atoms with Gasteiger partial charge in [0.05, 0.1) is 0 Å². The average Bonchev–Trinajstić information content (AvgIpc) is 2.88. The number of ether oxygens (including phenoxy) is 1. The van der Waals surface area contributed by atoms with Gasteiger partial charge in [0.1, 0.15) is 0 Å². The number of hydrogen-bond donors (Lipinski definition) is 2. The lowest BCUT2D eigenvalue weighted by Gasteiger charge is -2.33. The largest absolute Gasteiger partial charge is 0.382 e. The van der Waals surface area contributed by atoms with Gasteiger partial charge in [0.25, 0.3) is 0 Å². The molecule has 1 aliphatic heterocycles. The van der Waals surface area contributed by atoms with Crippen molar-refractivity contribution in [2.45, 2.75) is 64.0 Å². The molecule has 2 rings (SSSR count). The van der Waals surface area contributed by atoms with Crippen molar-refractivity contribution in [3.63, 3.8) is 0 Å². The first kappa shape index (κ1) is 14.3. The van der Waals surface area contributed by atoms with Gasteiger partial charge in [-0.1, -0.05) is 12.8 Å². The van der Waals surface area contributed by atoms with Gasteiger partial charge in [0.15, 0.2) is 0 Å². The number of nitrogens with one attached hydrogen (secondary N) is 2. The van der Waals surface area contributed by atoms with Crippen LogP contribution in [0.25, 0.3) is 0 Å². The Morgan fingerprint density at radius 1 is 1.17 bits per heavy atom. The second-order valence-electron chi connectivity index (χ2n) is 5.76. The van der Waals surface area contributed by atoms with Crippen LogP contribution in [0.2, 0.25) is 0 Å². The topological polar surface area (TPSA) is 33.3 Å². The molecule has 1 saturated heterocycles. The molecule has 2 fully saturated rings. The quantitative estimate of drug-likeness (QED) is 0.684. The Balaban J connectivity index is 1.66. The Morgan fingerprint density at radius 2 is 2.11 bits per heavy atom. The van der Waals surface area contributed by atoms with Crippen LogP contribution in [0.5, 0.6) is 0 Å². The van der Waals surface area contributed by atoms with E-state index in [1.165, 1.54) is 45.1 Å². The van der Waals surface area contributed by atoms with E-state index < -0.39 is 0 Å². The molecule has 0 bridgehead atoms. The Morgan fingerprint density at radius 3 is 2.89 bits per heavy atom. The molecular formula is C15H30N2O. The second kappa shape index (κ2) is 8.13. The third kappa shape index (κ3) is 4.22. The normalized spacial score (nSPS) is 32.8. The minimum absolute atomic E-state index is 0.752. The SMILES string of the molecule is CCOCCCNC1CCCC1C1CCCCN1. The third-order valence-electron chi connectivity index (χ3n) is 4.51. The standard InChI is InChI=1S/C15H30N2O/c1-2-18-12-6-11-17-15-9-5-7-13(15)14-8-3-4-10-16-14/h13-17H,2-12H2,1H3. The molecule has 2 N–H and O–H groups in total. The van der Waals surface area contributed by atoms with Crippen LogP contribution in [0, 0.1) is 5.92 Å². The van der Waals surface area contributed by atoms with E-state index in [0.717, 1.165) is 44.2 Å². The number of piperidine rings is 1. The summed E-state index contributed by atoms with van der Waals surface area (Å²) < 4.78 is 5.39. The molecule has 1 saturated carbocycles. The van der Waals surface area contributed by atoms with E-state index in [4.69, 9.17) is 4.74 Å². The van der Waals surface area contributed by atoms with Crippen molar-refractivity contribution in [1.82, 2.24) is 10.6 Å². The molecule has 0 aromatic carbocycles. The van der Waals surface area contributed by atoms with Gasteiger partial charge in [-0.15, -0.1) is 0 Å². The minimum atomic E-state index is 0.752. The first-order valence-electron chi connectivity index (χ1n) is 7.96. The molecule has 3 nitrogen and oxygen atoms in total. The van der Waals surface area contributed by atoms with Crippen molar-refractivity contribution in [2.75, 3.05) is 26.3 Å². The predicted octanol–water partition coefficient (Wildman–Crippen LogP) is 2.31. The summed E-state index contributed by atoms with van der Waals surface area (Å²) in [5.41, 5.74) is 0. The highest BCUT2D eigenvalue weighted by Crippen LogP contribution is 2.31. The maximum atomic E-state index is 5.39. The van der Waals surface area contributed by atoms with Crippen molar-refractivity contribution in [3.8, 4) is 0 Å². The highest BCUT2D eigenvalue weighted by atomic mass is 16.5. The zero-order valence-electron chi connectivity index (χ0n) is 11.9. The molecule has 1 heterocycles. The van der Waals surface area contributed by atoms with E-state index in [0.29, 0.717) is 0 Å². The van der Waals surface area contributed by atoms with Crippen LogP contribution in [0.15, 0.2) is 0 Å². The fourth-order valence-electron chi connectivity index (χ4n) is 3.57. The maximum absolute atomic E-state index is 5.39. The smallest absolute Gasteiger partial charge is 0.0477 e. The molecule has 1 aliphatic carbocycles. The summed E-state index contributed by atoms with van der Waals surface area (Å²) >= 11 is 0. The Bertz CT molecular complexity index is 217. The lowest BCUT2D eigenvalue weighted by atomic mass is 9.88. The van der Waals surface area contributed by atoms with Gasteiger partial charge < -0.3 is 15.4 Å². The average molecular weight is 254 g/mol. The molecule has 3 atom stereocenters. The van der Waals surface area contributed by atoms with Crippen LogP contribution >= 0.6 is 0 Å². The summed E-state index contributed by atoms with van der Waals surface area (Å²) in [5.74, 6) is 0.873. The summed E-state index contributed by atoms with van der Waals surface area (Å²) in [6, 6.07) is 1.54. The molecule has 3 heteroatoms. The first-order valence-corrected chi connectivity index (χ1v) is 7.96. The molecule has 0 aromatic rings. The van der Waals surface area contributed by atoms with E-state index >= 15 is 0 Å². The van der Waals surface area contributed by atoms with E-state index in [2.05, 4.69) is 17.6 Å². The second-order valence-corrected chi connectivity index (χ2v) is 5.76. The molecule has 0 amide bonds. The lowest BCUT2D eigenvalue weighted by Crippen LogP contribution is -2.47. The van der Waals surface area contributed by atoms with Crippen molar-refractivity contribution in [2.24, 2.45) is 5.92 Å². The third-order valence-corrected chi connectivity index (χ3v) is 4.51. The Labute approximate surface area is 112 Å². The summed E-state index contributed by atoms with van der Waals surface area (Å²) in [7, 11) is 0. The van der Waals surface area contributed by atoms with Gasteiger partial charge in [-0.25, -0.2) is 0 Å². The fraction of sp³-hybridized carbons (Fsp3) is 1.00. The summed E-state index contributed by atoms with van der Waals surface area (Å²) in [5, 5.41) is 7.50. The van der Waals surface area contributed by atoms with Crippen LogP contribution < -0.4 is 10.6 Å². The van der Waals surface area contributed by atoms with Crippen LogP contribution in [0.3, 0.4) is 0 Å². The van der Waals surface area contributed by atoms with Crippen LogP contribution in [-0.2, 0) is 4.74 Å². The van der Waals surface area contributed by atoms with Gasteiger partial charge in [-0.3, -0.25) is 0 Å². The van der Waals surface area contributed by atoms with Gasteiger partial charge in [0.2, 0.25) is 0 Å². The monoisotopic (exact) mass is 254 g/mol. The van der Waals surface area contributed by atoms with E-state index in [1.54, 1.807) is 0 Å². The predicted molar refractivity (Wildman–Crippen MR) is 75.9 cm³/mol. The minimum Gasteiger partial charge on any atom is -0.382 e. The van der Waals surface area contributed by atoms with Crippen molar-refractivity contribution < 1.29 is 4.74 Å². The van der Waals surface area contributed by atoms with Gasteiger partial charge in [0, 0.05) is 25.3 Å². The van der Waals surface area contributed by atoms with Gasteiger partial charge >= 0.3 is 0 Å². The molecule has 18 heavy (non-hydrogen) atoms. The molecule has 0 radical (unpaired) electrons. The lowest BCUT2D eigenvalue weighted by molar-refractivity contribution is 0.143. The highest BCUT2D eigenvalue weighted by molar-refractivity contribution is 4.92. The van der Waals surface area contributed by atoms with E-state index in [9.17, 15) is 0 Å². The zero-order chi connectivity index (χ0) is 12.6. The van der Waals surface area contributed by atoms with Crippen molar-refractivity contribution >= 4 is 0 Å². The molecule has 0 aromatic heterocycles. The molecule has 0 spiro atoms. The van der Waals surface area contributed by atoms with Crippen molar-refractivity contribution in [3.05, 3.63) is 0 Å². The fourth-order valence-corrected chi connectivity index (χ4v) is 3.57. The van der Waals surface area contributed by atoms with E-state index in [-0.39, 0.29) is 0 Å².